The highest BCUT2D eigenvalue weighted by Gasteiger charge is 2.04. The Hall–Kier alpha value is -0.720. The van der Waals surface area contributed by atoms with Gasteiger partial charge in [0.1, 0.15) is 10.8 Å². The molecule has 84 valence electrons. The van der Waals surface area contributed by atoms with Crippen LogP contribution in [0.25, 0.3) is 0 Å². The molecule has 16 heavy (non-hydrogen) atoms. The van der Waals surface area contributed by atoms with E-state index in [9.17, 15) is 0 Å². The molecule has 2 aromatic heterocycles. The van der Waals surface area contributed by atoms with E-state index >= 15 is 0 Å². The summed E-state index contributed by atoms with van der Waals surface area (Å²) in [6, 6.07) is 0. The summed E-state index contributed by atoms with van der Waals surface area (Å²) >= 11 is 10.7. The first-order chi connectivity index (χ1) is 7.65. The number of halogens is 2. The lowest BCUT2D eigenvalue weighted by molar-refractivity contribution is 1.05. The predicted molar refractivity (Wildman–Crippen MR) is 68.9 cm³/mol. The third-order valence-electron chi connectivity index (χ3n) is 1.79. The second-order valence-corrected chi connectivity index (χ2v) is 5.57. The van der Waals surface area contributed by atoms with Crippen LogP contribution in [0.5, 0.6) is 0 Å². The summed E-state index contributed by atoms with van der Waals surface area (Å²) in [5.74, 6) is 0.674. The van der Waals surface area contributed by atoms with Crippen LogP contribution in [0.4, 0.5) is 5.82 Å². The smallest absolute Gasteiger partial charge is 0.224 e. The van der Waals surface area contributed by atoms with E-state index in [-0.39, 0.29) is 5.28 Å². The normalized spacial score (nSPS) is 10.4. The standard InChI is InChI=1S/C9H8BrClN4S/c1-5-2-12-7(16-5)4-13-8-6(10)3-14-9(11)15-8/h2-3H,4H2,1H3,(H,13,14,15). The summed E-state index contributed by atoms with van der Waals surface area (Å²) in [7, 11) is 0. The van der Waals surface area contributed by atoms with Crippen LogP contribution >= 0.6 is 38.9 Å². The largest absolute Gasteiger partial charge is 0.362 e. The van der Waals surface area contributed by atoms with Gasteiger partial charge in [0.2, 0.25) is 5.28 Å². The Morgan fingerprint density at radius 2 is 2.25 bits per heavy atom. The molecular formula is C9H8BrClN4S. The molecule has 7 heteroatoms. The molecule has 2 rings (SSSR count). The lowest BCUT2D eigenvalue weighted by Gasteiger charge is -2.05. The fourth-order valence-corrected chi connectivity index (χ4v) is 2.30. The van der Waals surface area contributed by atoms with E-state index in [4.69, 9.17) is 11.6 Å². The van der Waals surface area contributed by atoms with Crippen molar-refractivity contribution in [3.8, 4) is 0 Å². The molecule has 0 radical (unpaired) electrons. The number of nitrogens with one attached hydrogen (secondary N) is 1. The number of rotatable bonds is 3. The van der Waals surface area contributed by atoms with Crippen molar-refractivity contribution in [2.24, 2.45) is 0 Å². The van der Waals surface area contributed by atoms with Crippen molar-refractivity contribution in [2.45, 2.75) is 13.5 Å². The summed E-state index contributed by atoms with van der Waals surface area (Å²) in [6.45, 7) is 2.66. The van der Waals surface area contributed by atoms with Crippen molar-refractivity contribution < 1.29 is 0 Å². The number of hydrogen-bond acceptors (Lipinski definition) is 5. The maximum atomic E-state index is 5.71. The Kier molecular flexibility index (Phi) is 3.73. The second kappa shape index (κ2) is 5.07. The molecule has 0 spiro atoms. The summed E-state index contributed by atoms with van der Waals surface area (Å²) in [6.07, 6.45) is 3.47. The molecule has 2 heterocycles. The van der Waals surface area contributed by atoms with Gasteiger partial charge in [-0.15, -0.1) is 11.3 Å². The zero-order valence-electron chi connectivity index (χ0n) is 8.37. The molecule has 0 aliphatic rings. The first-order valence-corrected chi connectivity index (χ1v) is 6.47. The first kappa shape index (κ1) is 11.8. The lowest BCUT2D eigenvalue weighted by Crippen LogP contribution is -2.02. The molecule has 0 atom stereocenters. The minimum Gasteiger partial charge on any atom is -0.362 e. The van der Waals surface area contributed by atoms with Crippen LogP contribution in [0.1, 0.15) is 9.88 Å². The number of aryl methyl sites for hydroxylation is 1. The van der Waals surface area contributed by atoms with Crippen molar-refractivity contribution in [1.29, 1.82) is 0 Å². The van der Waals surface area contributed by atoms with Gasteiger partial charge in [0.15, 0.2) is 0 Å². The van der Waals surface area contributed by atoms with Gasteiger partial charge in [0.05, 0.1) is 11.0 Å². The maximum absolute atomic E-state index is 5.71. The number of hydrogen-bond donors (Lipinski definition) is 1. The topological polar surface area (TPSA) is 50.7 Å². The average Bonchev–Trinajstić information content (AvgIpc) is 2.66. The van der Waals surface area contributed by atoms with Gasteiger partial charge in [-0.1, -0.05) is 0 Å². The fourth-order valence-electron chi connectivity index (χ4n) is 1.11. The van der Waals surface area contributed by atoms with Crippen molar-refractivity contribution in [2.75, 3.05) is 5.32 Å². The molecular weight excluding hydrogens is 312 g/mol. The molecule has 4 nitrogen and oxygen atoms in total. The van der Waals surface area contributed by atoms with Gasteiger partial charge >= 0.3 is 0 Å². The number of aromatic nitrogens is 3. The molecule has 0 saturated heterocycles. The highest BCUT2D eigenvalue weighted by molar-refractivity contribution is 9.10. The van der Waals surface area contributed by atoms with Gasteiger partial charge in [-0.25, -0.2) is 9.97 Å². The lowest BCUT2D eigenvalue weighted by atomic mass is 10.5. The molecule has 0 aliphatic heterocycles. The number of thiazole rings is 1. The molecule has 2 aromatic rings. The monoisotopic (exact) mass is 318 g/mol. The van der Waals surface area contributed by atoms with Gasteiger partial charge in [-0.2, -0.15) is 4.98 Å². The molecule has 0 fully saturated rings. The van der Waals surface area contributed by atoms with Gasteiger partial charge in [-0.05, 0) is 34.5 Å². The molecule has 1 N–H and O–H groups in total. The summed E-state index contributed by atoms with van der Waals surface area (Å²) in [5.41, 5.74) is 0. The first-order valence-electron chi connectivity index (χ1n) is 4.48. The second-order valence-electron chi connectivity index (χ2n) is 3.05. The minimum atomic E-state index is 0.223. The quantitative estimate of drug-likeness (QED) is 0.882. The Balaban J connectivity index is 2.07. The zero-order valence-corrected chi connectivity index (χ0v) is 11.5. The molecule has 0 bridgehead atoms. The maximum Gasteiger partial charge on any atom is 0.224 e. The molecule has 0 saturated carbocycles. The minimum absolute atomic E-state index is 0.223. The average molecular weight is 320 g/mol. The number of anilines is 1. The Morgan fingerprint density at radius 3 is 2.94 bits per heavy atom. The third-order valence-corrected chi connectivity index (χ3v) is 3.47. The third kappa shape index (κ3) is 2.90. The van der Waals surface area contributed by atoms with Crippen LogP contribution in [-0.2, 0) is 6.54 Å². The molecule has 0 unspecified atom stereocenters. The zero-order chi connectivity index (χ0) is 11.5. The van der Waals surface area contributed by atoms with Crippen molar-refractivity contribution in [1.82, 2.24) is 15.0 Å². The summed E-state index contributed by atoms with van der Waals surface area (Å²) in [4.78, 5) is 13.4. The van der Waals surface area contributed by atoms with E-state index in [1.54, 1.807) is 17.5 Å². The molecule has 0 amide bonds. The highest BCUT2D eigenvalue weighted by Crippen LogP contribution is 2.21. The SMILES string of the molecule is Cc1cnc(CNc2nc(Cl)ncc2Br)s1. The number of nitrogens with zero attached hydrogens (tertiary/aromatic N) is 3. The van der Waals surface area contributed by atoms with Gasteiger partial charge in [0, 0.05) is 17.3 Å². The van der Waals surface area contributed by atoms with Crippen molar-refractivity contribution >= 4 is 44.7 Å². The van der Waals surface area contributed by atoms with Crippen LogP contribution in [0.15, 0.2) is 16.9 Å². The van der Waals surface area contributed by atoms with Crippen LogP contribution in [-0.4, -0.2) is 15.0 Å². The van der Waals surface area contributed by atoms with Crippen molar-refractivity contribution in [3.63, 3.8) is 0 Å². The predicted octanol–water partition coefficient (Wildman–Crippen LogP) is 3.27. The van der Waals surface area contributed by atoms with E-state index in [0.717, 1.165) is 9.48 Å². The Morgan fingerprint density at radius 1 is 1.44 bits per heavy atom. The summed E-state index contributed by atoms with van der Waals surface area (Å²) < 4.78 is 0.783. The van der Waals surface area contributed by atoms with E-state index in [1.165, 1.54) is 4.88 Å². The fraction of sp³-hybridized carbons (Fsp3) is 0.222. The van der Waals surface area contributed by atoms with E-state index in [2.05, 4.69) is 36.2 Å². The van der Waals surface area contributed by atoms with Crippen LogP contribution in [0, 0.1) is 6.92 Å². The van der Waals surface area contributed by atoms with Gasteiger partial charge in [-0.3, -0.25) is 0 Å². The van der Waals surface area contributed by atoms with Gasteiger partial charge < -0.3 is 5.32 Å². The van der Waals surface area contributed by atoms with Crippen LogP contribution < -0.4 is 5.32 Å². The van der Waals surface area contributed by atoms with Crippen molar-refractivity contribution in [3.05, 3.63) is 32.0 Å². The Bertz CT molecular complexity index is 502. The van der Waals surface area contributed by atoms with Gasteiger partial charge in [0.25, 0.3) is 0 Å². The summed E-state index contributed by atoms with van der Waals surface area (Å²) in [5, 5.41) is 4.39. The van der Waals surface area contributed by atoms with Crippen LogP contribution in [0.3, 0.4) is 0 Å². The molecule has 0 aliphatic carbocycles. The van der Waals surface area contributed by atoms with E-state index < -0.39 is 0 Å². The Labute approximate surface area is 110 Å². The van der Waals surface area contributed by atoms with Crippen LogP contribution in [0.2, 0.25) is 5.28 Å². The van der Waals surface area contributed by atoms with E-state index in [0.29, 0.717) is 12.4 Å². The highest BCUT2D eigenvalue weighted by atomic mass is 79.9. The molecule has 0 aromatic carbocycles. The van der Waals surface area contributed by atoms with E-state index in [1.807, 2.05) is 13.1 Å².